The van der Waals surface area contributed by atoms with E-state index in [-0.39, 0.29) is 23.6 Å². The summed E-state index contributed by atoms with van der Waals surface area (Å²) in [6.45, 7) is 4.16. The van der Waals surface area contributed by atoms with E-state index in [0.29, 0.717) is 45.8 Å². The standard InChI is InChI=1S/C13H19NO5/c1-2-18-13(16)10-3-5-14(6-4-10)12(15)11-9-17-7-8-19-11/h9-10H,2-8H2,1H3. The van der Waals surface area contributed by atoms with Crippen molar-refractivity contribution in [1.82, 2.24) is 4.90 Å². The zero-order valence-electron chi connectivity index (χ0n) is 11.1. The Morgan fingerprint density at radius 1 is 1.37 bits per heavy atom. The Hall–Kier alpha value is -1.72. The summed E-state index contributed by atoms with van der Waals surface area (Å²) < 4.78 is 15.3. The van der Waals surface area contributed by atoms with Crippen LogP contribution >= 0.6 is 0 Å². The predicted octanol–water partition coefficient (Wildman–Crippen LogP) is 0.676. The molecule has 1 amide bonds. The monoisotopic (exact) mass is 269 g/mol. The second kappa shape index (κ2) is 6.45. The van der Waals surface area contributed by atoms with E-state index in [2.05, 4.69) is 0 Å². The van der Waals surface area contributed by atoms with E-state index < -0.39 is 0 Å². The number of carbonyl (C=O) groups excluding carboxylic acids is 2. The molecule has 2 rings (SSSR count). The van der Waals surface area contributed by atoms with Gasteiger partial charge in [0.05, 0.1) is 12.5 Å². The van der Waals surface area contributed by atoms with Crippen LogP contribution in [0.25, 0.3) is 0 Å². The van der Waals surface area contributed by atoms with Crippen LogP contribution in [-0.4, -0.2) is 49.7 Å². The Morgan fingerprint density at radius 2 is 2.11 bits per heavy atom. The molecule has 0 atom stereocenters. The first-order chi connectivity index (χ1) is 9.22. The summed E-state index contributed by atoms with van der Waals surface area (Å²) in [7, 11) is 0. The van der Waals surface area contributed by atoms with Gasteiger partial charge in [0, 0.05) is 13.1 Å². The van der Waals surface area contributed by atoms with Crippen LogP contribution in [0, 0.1) is 5.92 Å². The molecule has 6 nitrogen and oxygen atoms in total. The van der Waals surface area contributed by atoms with Crippen molar-refractivity contribution in [3.8, 4) is 0 Å². The number of esters is 1. The van der Waals surface area contributed by atoms with Crippen LogP contribution in [0.15, 0.2) is 12.0 Å². The van der Waals surface area contributed by atoms with E-state index in [4.69, 9.17) is 14.2 Å². The van der Waals surface area contributed by atoms with Gasteiger partial charge in [0.15, 0.2) is 0 Å². The summed E-state index contributed by atoms with van der Waals surface area (Å²) >= 11 is 0. The minimum atomic E-state index is -0.165. The molecule has 19 heavy (non-hydrogen) atoms. The highest BCUT2D eigenvalue weighted by molar-refractivity contribution is 5.91. The van der Waals surface area contributed by atoms with E-state index in [0.717, 1.165) is 0 Å². The van der Waals surface area contributed by atoms with Crippen LogP contribution in [-0.2, 0) is 23.8 Å². The molecule has 0 unspecified atom stereocenters. The lowest BCUT2D eigenvalue weighted by molar-refractivity contribution is -0.151. The molecule has 0 aromatic heterocycles. The molecule has 2 aliphatic rings. The third-order valence-corrected chi connectivity index (χ3v) is 3.26. The first-order valence-electron chi connectivity index (χ1n) is 6.63. The van der Waals surface area contributed by atoms with E-state index >= 15 is 0 Å². The lowest BCUT2D eigenvalue weighted by Gasteiger charge is -2.31. The molecule has 0 spiro atoms. The normalized spacial score (nSPS) is 20.1. The molecular weight excluding hydrogens is 250 g/mol. The Kier molecular flexibility index (Phi) is 4.65. The highest BCUT2D eigenvalue weighted by Crippen LogP contribution is 2.20. The molecule has 1 saturated heterocycles. The maximum Gasteiger partial charge on any atom is 0.309 e. The molecule has 0 aromatic carbocycles. The minimum Gasteiger partial charge on any atom is -0.494 e. The Labute approximate surface area is 112 Å². The minimum absolute atomic E-state index is 0.0958. The number of amides is 1. The van der Waals surface area contributed by atoms with Crippen LogP contribution in [0.3, 0.4) is 0 Å². The van der Waals surface area contributed by atoms with Gasteiger partial charge in [-0.2, -0.15) is 0 Å². The fraction of sp³-hybridized carbons (Fsp3) is 0.692. The smallest absolute Gasteiger partial charge is 0.309 e. The molecular formula is C13H19NO5. The van der Waals surface area contributed by atoms with Gasteiger partial charge in [-0.05, 0) is 19.8 Å². The number of rotatable bonds is 3. The van der Waals surface area contributed by atoms with Crippen LogP contribution in [0.2, 0.25) is 0 Å². The van der Waals surface area contributed by atoms with E-state index in [1.807, 2.05) is 0 Å². The molecule has 0 radical (unpaired) electrons. The Morgan fingerprint density at radius 3 is 2.68 bits per heavy atom. The highest BCUT2D eigenvalue weighted by Gasteiger charge is 2.30. The maximum absolute atomic E-state index is 12.1. The summed E-state index contributed by atoms with van der Waals surface area (Å²) in [4.78, 5) is 25.4. The SMILES string of the molecule is CCOC(=O)C1CCN(C(=O)C2=COCCO2)CC1. The third kappa shape index (κ3) is 3.39. The van der Waals surface area contributed by atoms with Crippen molar-refractivity contribution < 1.29 is 23.8 Å². The number of hydrogen-bond acceptors (Lipinski definition) is 5. The molecule has 0 saturated carbocycles. The maximum atomic E-state index is 12.1. The van der Waals surface area contributed by atoms with Crippen molar-refractivity contribution in [3.05, 3.63) is 12.0 Å². The van der Waals surface area contributed by atoms with Gasteiger partial charge in [-0.1, -0.05) is 0 Å². The van der Waals surface area contributed by atoms with Gasteiger partial charge in [-0.25, -0.2) is 0 Å². The third-order valence-electron chi connectivity index (χ3n) is 3.26. The molecule has 0 aliphatic carbocycles. The average Bonchev–Trinajstić information content (AvgIpc) is 2.48. The number of ether oxygens (including phenoxy) is 3. The molecule has 2 aliphatic heterocycles. The molecule has 6 heteroatoms. The van der Waals surface area contributed by atoms with Crippen molar-refractivity contribution in [3.63, 3.8) is 0 Å². The van der Waals surface area contributed by atoms with Gasteiger partial charge in [0.25, 0.3) is 5.91 Å². The molecule has 2 heterocycles. The fourth-order valence-corrected chi connectivity index (χ4v) is 2.21. The summed E-state index contributed by atoms with van der Waals surface area (Å²) in [6, 6.07) is 0. The lowest BCUT2D eigenvalue weighted by atomic mass is 9.97. The molecule has 1 fully saturated rings. The number of piperidine rings is 1. The van der Waals surface area contributed by atoms with Gasteiger partial charge in [0.2, 0.25) is 5.76 Å². The van der Waals surface area contributed by atoms with Crippen LogP contribution in [0.4, 0.5) is 0 Å². The van der Waals surface area contributed by atoms with Gasteiger partial charge < -0.3 is 19.1 Å². The Bertz CT molecular complexity index is 371. The van der Waals surface area contributed by atoms with Crippen LogP contribution in [0.1, 0.15) is 19.8 Å². The second-order valence-electron chi connectivity index (χ2n) is 4.52. The largest absolute Gasteiger partial charge is 0.494 e. The second-order valence-corrected chi connectivity index (χ2v) is 4.52. The predicted molar refractivity (Wildman–Crippen MR) is 65.9 cm³/mol. The van der Waals surface area contributed by atoms with Crippen molar-refractivity contribution >= 4 is 11.9 Å². The summed E-state index contributed by atoms with van der Waals surface area (Å²) in [5, 5.41) is 0. The van der Waals surface area contributed by atoms with E-state index in [1.165, 1.54) is 6.26 Å². The molecule has 0 N–H and O–H groups in total. The van der Waals surface area contributed by atoms with Gasteiger partial charge in [-0.15, -0.1) is 0 Å². The molecule has 106 valence electrons. The first-order valence-corrected chi connectivity index (χ1v) is 6.63. The van der Waals surface area contributed by atoms with Gasteiger partial charge >= 0.3 is 5.97 Å². The topological polar surface area (TPSA) is 65.1 Å². The van der Waals surface area contributed by atoms with Crippen molar-refractivity contribution in [2.75, 3.05) is 32.9 Å². The number of likely N-dealkylation sites (tertiary alicyclic amines) is 1. The first kappa shape index (κ1) is 13.7. The summed E-state index contributed by atoms with van der Waals surface area (Å²) in [5.41, 5.74) is 0. The number of nitrogens with zero attached hydrogens (tertiary/aromatic N) is 1. The molecule has 0 aromatic rings. The van der Waals surface area contributed by atoms with Crippen LogP contribution < -0.4 is 0 Å². The zero-order chi connectivity index (χ0) is 13.7. The quantitative estimate of drug-likeness (QED) is 0.705. The summed E-state index contributed by atoms with van der Waals surface area (Å²) in [5.74, 6) is -0.171. The zero-order valence-corrected chi connectivity index (χ0v) is 11.1. The van der Waals surface area contributed by atoms with Crippen molar-refractivity contribution in [2.45, 2.75) is 19.8 Å². The van der Waals surface area contributed by atoms with Gasteiger partial charge in [0.1, 0.15) is 19.5 Å². The van der Waals surface area contributed by atoms with Gasteiger partial charge in [-0.3, -0.25) is 9.59 Å². The molecule has 0 bridgehead atoms. The van der Waals surface area contributed by atoms with Crippen molar-refractivity contribution in [2.24, 2.45) is 5.92 Å². The number of hydrogen-bond donors (Lipinski definition) is 0. The Balaban J connectivity index is 1.84. The van der Waals surface area contributed by atoms with Crippen molar-refractivity contribution in [1.29, 1.82) is 0 Å². The van der Waals surface area contributed by atoms with E-state index in [1.54, 1.807) is 11.8 Å². The summed E-state index contributed by atoms with van der Waals surface area (Å²) in [6.07, 6.45) is 2.64. The van der Waals surface area contributed by atoms with Crippen LogP contribution in [0.5, 0.6) is 0 Å². The number of carbonyl (C=O) groups is 2. The average molecular weight is 269 g/mol. The highest BCUT2D eigenvalue weighted by atomic mass is 16.6. The fourth-order valence-electron chi connectivity index (χ4n) is 2.21. The van der Waals surface area contributed by atoms with E-state index in [9.17, 15) is 9.59 Å². The lowest BCUT2D eigenvalue weighted by Crippen LogP contribution is -2.42.